The lowest BCUT2D eigenvalue weighted by atomic mass is 10.0. The quantitative estimate of drug-likeness (QED) is 0.210. The number of hydrogen-bond acceptors (Lipinski definition) is 4. The molecule has 0 spiro atoms. The zero-order chi connectivity index (χ0) is 24.1. The molecule has 0 bridgehead atoms. The summed E-state index contributed by atoms with van der Waals surface area (Å²) in [5.41, 5.74) is 15.4. The molecule has 4 aromatic rings. The van der Waals surface area contributed by atoms with Crippen molar-refractivity contribution in [3.8, 4) is 0 Å². The Bertz CT molecular complexity index is 1320. The van der Waals surface area contributed by atoms with Crippen LogP contribution in [0.3, 0.4) is 0 Å². The lowest BCUT2D eigenvalue weighted by molar-refractivity contribution is -0.127. The fourth-order valence-electron chi connectivity index (χ4n) is 4.07. The zero-order valence-electron chi connectivity index (χ0n) is 18.6. The van der Waals surface area contributed by atoms with Gasteiger partial charge in [0.2, 0.25) is 17.7 Å². The minimum absolute atomic E-state index is 0.00318. The van der Waals surface area contributed by atoms with Crippen molar-refractivity contribution >= 4 is 39.5 Å². The highest BCUT2D eigenvalue weighted by molar-refractivity contribution is 5.89. The average molecular weight is 461 g/mol. The minimum atomic E-state index is -0.855. The molecule has 34 heavy (non-hydrogen) atoms. The third-order valence-corrected chi connectivity index (χ3v) is 5.88. The van der Waals surface area contributed by atoms with Crippen LogP contribution in [0.15, 0.2) is 60.9 Å². The molecule has 176 valence electrons. The molecule has 2 aromatic carbocycles. The fraction of sp³-hybridized carbons (Fsp3) is 0.240. The number of nitrogens with one attached hydrogen (secondary N) is 4. The summed E-state index contributed by atoms with van der Waals surface area (Å²) in [6.07, 6.45) is 4.30. The van der Waals surface area contributed by atoms with Gasteiger partial charge in [-0.1, -0.05) is 36.4 Å². The molecule has 0 unspecified atom stereocenters. The van der Waals surface area contributed by atoms with Crippen LogP contribution < -0.4 is 22.1 Å². The lowest BCUT2D eigenvalue weighted by Crippen LogP contribution is -2.47. The topological polar surface area (TPSA) is 159 Å². The van der Waals surface area contributed by atoms with Crippen molar-refractivity contribution in [2.45, 2.75) is 31.3 Å². The van der Waals surface area contributed by atoms with Crippen LogP contribution >= 0.6 is 0 Å². The molecule has 0 saturated heterocycles. The molecular formula is C25H28N6O3. The standard InChI is InChI=1S/C25H28N6O3/c26-19(11-15-13-29-20-7-3-1-5-17(15)20)25(34)28-10-9-23(32)31-22(24(27)33)12-16-14-30-21-8-4-2-6-18(16)21/h1-8,13-14,19,22,29-30H,9-12,26H2,(H2,27,33)(H,28,34)(H,31,32)/t19-,22-/m0/s1. The Morgan fingerprint density at radius 3 is 2.00 bits per heavy atom. The highest BCUT2D eigenvalue weighted by Gasteiger charge is 2.21. The number of aromatic amines is 2. The Balaban J connectivity index is 1.26. The number of primary amides is 1. The largest absolute Gasteiger partial charge is 0.368 e. The number of hydrogen-bond donors (Lipinski definition) is 6. The van der Waals surface area contributed by atoms with Crippen molar-refractivity contribution in [1.82, 2.24) is 20.6 Å². The summed E-state index contributed by atoms with van der Waals surface area (Å²) in [6.45, 7) is 0.102. The summed E-state index contributed by atoms with van der Waals surface area (Å²) >= 11 is 0. The number of fused-ring (bicyclic) bond motifs is 2. The monoisotopic (exact) mass is 460 g/mol. The maximum Gasteiger partial charge on any atom is 0.240 e. The zero-order valence-corrected chi connectivity index (χ0v) is 18.6. The molecule has 2 atom stereocenters. The number of amides is 3. The van der Waals surface area contributed by atoms with Crippen LogP contribution in [0.5, 0.6) is 0 Å². The smallest absolute Gasteiger partial charge is 0.240 e. The second-order valence-corrected chi connectivity index (χ2v) is 8.30. The van der Waals surface area contributed by atoms with Crippen LogP contribution in [-0.4, -0.2) is 46.3 Å². The Kier molecular flexibility index (Phi) is 6.93. The Hall–Kier alpha value is -4.11. The van der Waals surface area contributed by atoms with Crippen LogP contribution in [-0.2, 0) is 27.2 Å². The first-order valence-electron chi connectivity index (χ1n) is 11.1. The predicted molar refractivity (Wildman–Crippen MR) is 131 cm³/mol. The van der Waals surface area contributed by atoms with E-state index < -0.39 is 18.0 Å². The first-order valence-corrected chi connectivity index (χ1v) is 11.1. The van der Waals surface area contributed by atoms with Crippen molar-refractivity contribution < 1.29 is 14.4 Å². The van der Waals surface area contributed by atoms with E-state index >= 15 is 0 Å². The van der Waals surface area contributed by atoms with E-state index in [1.54, 1.807) is 0 Å². The number of carbonyl (C=O) groups excluding carboxylic acids is 3. The van der Waals surface area contributed by atoms with E-state index in [-0.39, 0.29) is 31.2 Å². The molecular weight excluding hydrogens is 432 g/mol. The van der Waals surface area contributed by atoms with Gasteiger partial charge in [-0.15, -0.1) is 0 Å². The van der Waals surface area contributed by atoms with Gasteiger partial charge in [-0.25, -0.2) is 0 Å². The van der Waals surface area contributed by atoms with Crippen molar-refractivity contribution in [2.75, 3.05) is 6.54 Å². The third kappa shape index (κ3) is 5.26. The van der Waals surface area contributed by atoms with E-state index in [2.05, 4.69) is 20.6 Å². The lowest BCUT2D eigenvalue weighted by Gasteiger charge is -2.16. The predicted octanol–water partition coefficient (Wildman–Crippen LogP) is 1.24. The average Bonchev–Trinajstić information content (AvgIpc) is 3.43. The maximum absolute atomic E-state index is 12.4. The number of para-hydroxylation sites is 2. The SMILES string of the molecule is NC(=O)[C@H](Cc1c[nH]c2ccccc12)NC(=O)CCNC(=O)[C@@H](N)Cc1c[nH]c2ccccc12. The minimum Gasteiger partial charge on any atom is -0.368 e. The molecule has 0 aliphatic heterocycles. The summed E-state index contributed by atoms with van der Waals surface area (Å²) in [7, 11) is 0. The molecule has 9 heteroatoms. The van der Waals surface area contributed by atoms with E-state index in [4.69, 9.17) is 11.5 Å². The first-order chi connectivity index (χ1) is 16.4. The third-order valence-electron chi connectivity index (χ3n) is 5.88. The van der Waals surface area contributed by atoms with Gasteiger partial charge in [0.25, 0.3) is 0 Å². The number of H-pyrrole nitrogens is 2. The van der Waals surface area contributed by atoms with Gasteiger partial charge in [0, 0.05) is 53.6 Å². The number of aromatic nitrogens is 2. The van der Waals surface area contributed by atoms with E-state index in [0.29, 0.717) is 6.42 Å². The van der Waals surface area contributed by atoms with Crippen molar-refractivity contribution in [2.24, 2.45) is 11.5 Å². The number of benzene rings is 2. The van der Waals surface area contributed by atoms with E-state index in [1.165, 1.54) is 0 Å². The summed E-state index contributed by atoms with van der Waals surface area (Å²) in [5.74, 6) is -1.35. The first kappa shape index (κ1) is 23.1. The van der Waals surface area contributed by atoms with Gasteiger partial charge in [0.05, 0.1) is 6.04 Å². The van der Waals surface area contributed by atoms with Crippen molar-refractivity contribution in [3.05, 3.63) is 72.1 Å². The second-order valence-electron chi connectivity index (χ2n) is 8.30. The number of rotatable bonds is 10. The number of carbonyl (C=O) groups is 3. The molecule has 0 aliphatic rings. The second kappa shape index (κ2) is 10.2. The van der Waals surface area contributed by atoms with Gasteiger partial charge in [0.15, 0.2) is 0 Å². The summed E-state index contributed by atoms with van der Waals surface area (Å²) in [6, 6.07) is 13.9. The van der Waals surface area contributed by atoms with Crippen LogP contribution in [0.25, 0.3) is 21.8 Å². The highest BCUT2D eigenvalue weighted by Crippen LogP contribution is 2.20. The van der Waals surface area contributed by atoms with E-state index in [9.17, 15) is 14.4 Å². The molecule has 0 fully saturated rings. The van der Waals surface area contributed by atoms with E-state index in [1.807, 2.05) is 60.9 Å². The number of nitrogens with two attached hydrogens (primary N) is 2. The van der Waals surface area contributed by atoms with E-state index in [0.717, 1.165) is 32.9 Å². The maximum atomic E-state index is 12.4. The van der Waals surface area contributed by atoms with Crippen LogP contribution in [0, 0.1) is 0 Å². The van der Waals surface area contributed by atoms with Crippen molar-refractivity contribution in [3.63, 3.8) is 0 Å². The van der Waals surface area contributed by atoms with Gasteiger partial charge in [-0.2, -0.15) is 0 Å². The van der Waals surface area contributed by atoms with Gasteiger partial charge >= 0.3 is 0 Å². The Morgan fingerprint density at radius 2 is 1.41 bits per heavy atom. The molecule has 9 nitrogen and oxygen atoms in total. The van der Waals surface area contributed by atoms with Crippen LogP contribution in [0.4, 0.5) is 0 Å². The van der Waals surface area contributed by atoms with Crippen LogP contribution in [0.1, 0.15) is 17.5 Å². The highest BCUT2D eigenvalue weighted by atomic mass is 16.2. The van der Waals surface area contributed by atoms with Gasteiger partial charge in [-0.05, 0) is 29.7 Å². The molecule has 0 radical (unpaired) electrons. The van der Waals surface area contributed by atoms with Crippen molar-refractivity contribution in [1.29, 1.82) is 0 Å². The Labute approximate surface area is 196 Å². The molecule has 2 heterocycles. The normalized spacial score (nSPS) is 13.0. The molecule has 0 saturated carbocycles. The molecule has 8 N–H and O–H groups in total. The van der Waals surface area contributed by atoms with Gasteiger partial charge < -0.3 is 32.1 Å². The molecule has 2 aromatic heterocycles. The summed E-state index contributed by atoms with van der Waals surface area (Å²) < 4.78 is 0. The molecule has 0 aliphatic carbocycles. The summed E-state index contributed by atoms with van der Waals surface area (Å²) in [5, 5.41) is 7.35. The van der Waals surface area contributed by atoms with Gasteiger partial charge in [0.1, 0.15) is 6.04 Å². The van der Waals surface area contributed by atoms with Gasteiger partial charge in [-0.3, -0.25) is 14.4 Å². The Morgan fingerprint density at radius 1 is 0.853 bits per heavy atom. The van der Waals surface area contributed by atoms with Crippen LogP contribution in [0.2, 0.25) is 0 Å². The molecule has 3 amide bonds. The fourth-order valence-corrected chi connectivity index (χ4v) is 4.07. The summed E-state index contributed by atoms with van der Waals surface area (Å²) in [4.78, 5) is 43.0. The molecule has 4 rings (SSSR count).